The molecule has 0 aliphatic carbocycles. The monoisotopic (exact) mass is 384 g/mol. The van der Waals surface area contributed by atoms with Gasteiger partial charge >= 0.3 is 0 Å². The summed E-state index contributed by atoms with van der Waals surface area (Å²) in [6, 6.07) is 13.6. The molecule has 2 rings (SSSR count). The zero-order valence-electron chi connectivity index (χ0n) is 13.1. The van der Waals surface area contributed by atoms with E-state index in [2.05, 4.69) is 16.2 Å². The first-order valence-electron chi connectivity index (χ1n) is 6.91. The fourth-order valence-electron chi connectivity index (χ4n) is 1.79. The van der Waals surface area contributed by atoms with Crippen LogP contribution in [-0.4, -0.2) is 31.9 Å². The first-order chi connectivity index (χ1) is 11.3. The van der Waals surface area contributed by atoms with Crippen molar-refractivity contribution in [2.45, 2.75) is 4.90 Å². The van der Waals surface area contributed by atoms with Crippen LogP contribution in [-0.2, 0) is 10.0 Å². The van der Waals surface area contributed by atoms with Crippen molar-refractivity contribution >= 4 is 50.3 Å². The average molecular weight is 385 g/mol. The lowest BCUT2D eigenvalue weighted by Crippen LogP contribution is -2.33. The number of hydrogen-bond acceptors (Lipinski definition) is 4. The van der Waals surface area contributed by atoms with E-state index in [9.17, 15) is 8.42 Å². The van der Waals surface area contributed by atoms with E-state index in [4.69, 9.17) is 23.8 Å². The predicted octanol–water partition coefficient (Wildman–Crippen LogP) is 2.90. The van der Waals surface area contributed by atoms with Crippen molar-refractivity contribution in [3.05, 3.63) is 53.6 Å². The molecule has 0 aliphatic rings. The second-order valence-corrected chi connectivity index (χ2v) is 7.97. The summed E-state index contributed by atoms with van der Waals surface area (Å²) in [4.78, 5) is 0.180. The molecule has 2 aromatic carbocycles. The van der Waals surface area contributed by atoms with Crippen molar-refractivity contribution in [1.82, 2.24) is 9.73 Å². The van der Waals surface area contributed by atoms with Crippen molar-refractivity contribution in [2.24, 2.45) is 0 Å². The van der Waals surface area contributed by atoms with Crippen molar-refractivity contribution in [2.75, 3.05) is 24.8 Å². The van der Waals surface area contributed by atoms with Crippen molar-refractivity contribution in [3.8, 4) is 0 Å². The molecule has 2 aromatic rings. The van der Waals surface area contributed by atoms with Gasteiger partial charge in [0.25, 0.3) is 0 Å². The summed E-state index contributed by atoms with van der Waals surface area (Å²) in [7, 11) is -0.537. The van der Waals surface area contributed by atoms with Gasteiger partial charge in [-0.2, -0.15) is 0 Å². The van der Waals surface area contributed by atoms with Gasteiger partial charge in [-0.15, -0.1) is 0 Å². The number of hydrogen-bond donors (Lipinski definition) is 3. The molecule has 0 saturated heterocycles. The van der Waals surface area contributed by atoms with E-state index in [0.717, 1.165) is 4.31 Å². The third-order valence-corrected chi connectivity index (χ3v) is 5.40. The van der Waals surface area contributed by atoms with Gasteiger partial charge in [0.1, 0.15) is 0 Å². The lowest BCUT2D eigenvalue weighted by atomic mass is 10.3. The van der Waals surface area contributed by atoms with Crippen LogP contribution in [0, 0.1) is 0 Å². The molecule has 3 N–H and O–H groups in total. The minimum absolute atomic E-state index is 0.180. The van der Waals surface area contributed by atoms with E-state index in [0.29, 0.717) is 16.4 Å². The van der Waals surface area contributed by atoms with Crippen LogP contribution in [0.5, 0.6) is 0 Å². The molecule has 0 spiro atoms. The molecule has 0 aliphatic heterocycles. The van der Waals surface area contributed by atoms with Crippen LogP contribution in [0.4, 0.5) is 11.4 Å². The summed E-state index contributed by atoms with van der Waals surface area (Å²) in [6.45, 7) is 0. The topological polar surface area (TPSA) is 73.5 Å². The molecule has 6 nitrogen and oxygen atoms in total. The molecule has 0 aromatic heterocycles. The standard InChI is InChI=1S/C15H17ClN4O2S2/c1-20(2)24(21,22)12-7-5-6-11(10-12)17-15(23)19-18-14-9-4-3-8-13(14)16/h3-10,18H,1-2H3,(H2,17,19,23). The van der Waals surface area contributed by atoms with E-state index in [1.165, 1.54) is 26.2 Å². The molecule has 0 amide bonds. The normalized spacial score (nSPS) is 11.2. The van der Waals surface area contributed by atoms with Crippen molar-refractivity contribution < 1.29 is 8.42 Å². The number of benzene rings is 2. The maximum Gasteiger partial charge on any atom is 0.242 e. The predicted molar refractivity (Wildman–Crippen MR) is 102 cm³/mol. The first kappa shape index (κ1) is 18.5. The van der Waals surface area contributed by atoms with Gasteiger partial charge in [0.15, 0.2) is 5.11 Å². The molecule has 0 bridgehead atoms. The number of hydrazine groups is 1. The Balaban J connectivity index is 2.04. The molecule has 0 saturated carbocycles. The minimum Gasteiger partial charge on any atom is -0.331 e. The lowest BCUT2D eigenvalue weighted by molar-refractivity contribution is 0.521. The Labute approximate surface area is 151 Å². The quantitative estimate of drug-likeness (QED) is 0.543. The highest BCUT2D eigenvalue weighted by molar-refractivity contribution is 7.89. The number of thiocarbonyl (C=S) groups is 1. The highest BCUT2D eigenvalue weighted by Gasteiger charge is 2.17. The van der Waals surface area contributed by atoms with Gasteiger partial charge in [0, 0.05) is 19.8 Å². The summed E-state index contributed by atoms with van der Waals surface area (Å²) in [5.74, 6) is 0. The average Bonchev–Trinajstić information content (AvgIpc) is 2.54. The summed E-state index contributed by atoms with van der Waals surface area (Å²) < 4.78 is 25.4. The van der Waals surface area contributed by atoms with E-state index >= 15 is 0 Å². The van der Waals surface area contributed by atoms with Gasteiger partial charge in [-0.1, -0.05) is 29.8 Å². The number of nitrogens with zero attached hydrogens (tertiary/aromatic N) is 1. The van der Waals surface area contributed by atoms with E-state index in [1.54, 1.807) is 24.3 Å². The Morgan fingerprint density at radius 3 is 2.50 bits per heavy atom. The smallest absolute Gasteiger partial charge is 0.242 e. The molecule has 128 valence electrons. The van der Waals surface area contributed by atoms with Gasteiger partial charge in [-0.25, -0.2) is 12.7 Å². The Kier molecular flexibility index (Phi) is 6.00. The van der Waals surface area contributed by atoms with Crippen molar-refractivity contribution in [1.29, 1.82) is 0 Å². The second-order valence-electron chi connectivity index (χ2n) is 5.00. The zero-order chi connectivity index (χ0) is 17.7. The fourth-order valence-corrected chi connectivity index (χ4v) is 3.09. The summed E-state index contributed by atoms with van der Waals surface area (Å²) in [6.07, 6.45) is 0. The highest BCUT2D eigenvalue weighted by Crippen LogP contribution is 2.20. The van der Waals surface area contributed by atoms with Crippen LogP contribution < -0.4 is 16.2 Å². The zero-order valence-corrected chi connectivity index (χ0v) is 15.5. The van der Waals surface area contributed by atoms with Crippen LogP contribution in [0.15, 0.2) is 53.4 Å². The number of halogens is 1. The van der Waals surface area contributed by atoms with Crippen molar-refractivity contribution in [3.63, 3.8) is 0 Å². The number of sulfonamides is 1. The fraction of sp³-hybridized carbons (Fsp3) is 0.133. The Morgan fingerprint density at radius 1 is 1.12 bits per heavy atom. The van der Waals surface area contributed by atoms with Gasteiger partial charge < -0.3 is 5.32 Å². The molecule has 24 heavy (non-hydrogen) atoms. The van der Waals surface area contributed by atoms with Crippen LogP contribution in [0.3, 0.4) is 0 Å². The highest BCUT2D eigenvalue weighted by atomic mass is 35.5. The number of nitrogens with one attached hydrogen (secondary N) is 3. The molecule has 0 atom stereocenters. The molecule has 0 heterocycles. The second kappa shape index (κ2) is 7.80. The van der Waals surface area contributed by atoms with Crippen LogP contribution in [0.2, 0.25) is 5.02 Å². The Bertz CT molecular complexity index is 841. The van der Waals surface area contributed by atoms with E-state index in [-0.39, 0.29) is 10.0 Å². The van der Waals surface area contributed by atoms with Gasteiger partial charge in [-0.3, -0.25) is 10.9 Å². The number of para-hydroxylation sites is 1. The maximum absolute atomic E-state index is 12.1. The van der Waals surface area contributed by atoms with Crippen LogP contribution in [0.25, 0.3) is 0 Å². The maximum atomic E-state index is 12.1. The molecule has 0 fully saturated rings. The minimum atomic E-state index is -3.50. The molecule has 0 radical (unpaired) electrons. The summed E-state index contributed by atoms with van der Waals surface area (Å²) in [5, 5.41) is 3.74. The number of rotatable bonds is 5. The molecular formula is C15H17ClN4O2S2. The largest absolute Gasteiger partial charge is 0.331 e. The summed E-state index contributed by atoms with van der Waals surface area (Å²) >= 11 is 11.2. The summed E-state index contributed by atoms with van der Waals surface area (Å²) in [5.41, 5.74) is 6.90. The van der Waals surface area contributed by atoms with Gasteiger partial charge in [-0.05, 0) is 42.5 Å². The SMILES string of the molecule is CN(C)S(=O)(=O)c1cccc(NC(=S)NNc2ccccc2Cl)c1. The van der Waals surface area contributed by atoms with E-state index in [1.807, 2.05) is 12.1 Å². The Morgan fingerprint density at radius 2 is 1.83 bits per heavy atom. The number of anilines is 2. The van der Waals surface area contributed by atoms with Crippen LogP contribution in [0.1, 0.15) is 0 Å². The Hall–Kier alpha value is -1.87. The molecule has 9 heteroatoms. The third kappa shape index (κ3) is 4.57. The third-order valence-electron chi connectivity index (χ3n) is 3.06. The molecule has 0 unspecified atom stereocenters. The van der Waals surface area contributed by atoms with Gasteiger partial charge in [0.05, 0.1) is 15.6 Å². The van der Waals surface area contributed by atoms with Gasteiger partial charge in [0.2, 0.25) is 10.0 Å². The van der Waals surface area contributed by atoms with Crippen LogP contribution >= 0.6 is 23.8 Å². The lowest BCUT2D eigenvalue weighted by Gasteiger charge is -2.15. The van der Waals surface area contributed by atoms with E-state index < -0.39 is 10.0 Å². The molecular weight excluding hydrogens is 368 g/mol. The first-order valence-corrected chi connectivity index (χ1v) is 9.13.